The maximum absolute atomic E-state index is 10.6. The fraction of sp³-hybridized carbons (Fsp3) is 0.450. The lowest BCUT2D eigenvalue weighted by atomic mass is 9.81. The fourth-order valence-corrected chi connectivity index (χ4v) is 4.76. The Labute approximate surface area is 162 Å². The molecule has 2 aromatic heterocycles. The third-order valence-electron chi connectivity index (χ3n) is 5.70. The standard InChI is InChI=1S/C20H23N5OS/c1-13-8-14(17-11-21-18(27-17)20(26)6-3-7-20)10-15(9-13)24-19-22-12-23-25(19)16-4-2-5-16/h8-12,16,26H,2-7H2,1H3,(H,22,23,24). The van der Waals surface area contributed by atoms with Gasteiger partial charge in [-0.1, -0.05) is 6.07 Å². The SMILES string of the molecule is Cc1cc(Nc2ncnn2C2CCC2)cc(-c2cnc(C3(O)CCC3)s2)c1. The molecular formula is C20H23N5OS. The molecule has 6 nitrogen and oxygen atoms in total. The van der Waals surface area contributed by atoms with Crippen LogP contribution in [0.3, 0.4) is 0 Å². The second-order valence-corrected chi connectivity index (χ2v) is 8.77. The Morgan fingerprint density at radius 2 is 2.04 bits per heavy atom. The van der Waals surface area contributed by atoms with E-state index in [0.29, 0.717) is 6.04 Å². The molecule has 0 aliphatic heterocycles. The molecule has 140 valence electrons. The summed E-state index contributed by atoms with van der Waals surface area (Å²) in [4.78, 5) is 9.98. The maximum Gasteiger partial charge on any atom is 0.225 e. The number of aliphatic hydroxyl groups is 1. The van der Waals surface area contributed by atoms with Crippen LogP contribution in [0.1, 0.15) is 55.1 Å². The van der Waals surface area contributed by atoms with Crippen LogP contribution in [0.25, 0.3) is 10.4 Å². The quantitative estimate of drug-likeness (QED) is 0.678. The number of hydrogen-bond acceptors (Lipinski definition) is 6. The molecule has 0 atom stereocenters. The van der Waals surface area contributed by atoms with Crippen LogP contribution in [0.15, 0.2) is 30.7 Å². The molecule has 3 aromatic rings. The van der Waals surface area contributed by atoms with Gasteiger partial charge in [0.05, 0.1) is 10.9 Å². The monoisotopic (exact) mass is 381 g/mol. The molecule has 0 bridgehead atoms. The van der Waals surface area contributed by atoms with Crippen molar-refractivity contribution in [1.29, 1.82) is 0 Å². The first-order valence-corrected chi connectivity index (χ1v) is 10.4. The van der Waals surface area contributed by atoms with Crippen molar-refractivity contribution in [1.82, 2.24) is 19.7 Å². The summed E-state index contributed by atoms with van der Waals surface area (Å²) in [6, 6.07) is 6.86. The highest BCUT2D eigenvalue weighted by Crippen LogP contribution is 2.44. The highest BCUT2D eigenvalue weighted by Gasteiger charge is 2.39. The second kappa shape index (κ2) is 6.42. The first kappa shape index (κ1) is 16.9. The van der Waals surface area contributed by atoms with Gasteiger partial charge in [-0.3, -0.25) is 0 Å². The minimum atomic E-state index is -0.701. The zero-order valence-corrected chi connectivity index (χ0v) is 16.2. The Balaban J connectivity index is 1.42. The molecule has 7 heteroatoms. The molecule has 0 saturated heterocycles. The maximum atomic E-state index is 10.6. The van der Waals surface area contributed by atoms with Crippen molar-refractivity contribution in [2.24, 2.45) is 0 Å². The normalized spacial score (nSPS) is 18.7. The van der Waals surface area contributed by atoms with E-state index < -0.39 is 5.60 Å². The van der Waals surface area contributed by atoms with E-state index in [4.69, 9.17) is 0 Å². The van der Waals surface area contributed by atoms with Gasteiger partial charge in [-0.15, -0.1) is 11.3 Å². The molecule has 0 unspecified atom stereocenters. The van der Waals surface area contributed by atoms with Crippen LogP contribution in [0.2, 0.25) is 0 Å². The third kappa shape index (κ3) is 3.04. The van der Waals surface area contributed by atoms with Crippen molar-refractivity contribution < 1.29 is 5.11 Å². The number of anilines is 2. The predicted molar refractivity (Wildman–Crippen MR) is 106 cm³/mol. The van der Waals surface area contributed by atoms with Gasteiger partial charge in [0.15, 0.2) is 0 Å². The van der Waals surface area contributed by atoms with Crippen LogP contribution in [0.4, 0.5) is 11.6 Å². The molecule has 2 heterocycles. The van der Waals surface area contributed by atoms with Crippen LogP contribution >= 0.6 is 11.3 Å². The highest BCUT2D eigenvalue weighted by atomic mass is 32.1. The summed E-state index contributed by atoms with van der Waals surface area (Å²) < 4.78 is 2.00. The van der Waals surface area contributed by atoms with E-state index in [1.54, 1.807) is 17.7 Å². The molecule has 2 N–H and O–H groups in total. The van der Waals surface area contributed by atoms with E-state index in [1.165, 1.54) is 24.8 Å². The number of rotatable bonds is 5. The lowest BCUT2D eigenvalue weighted by Gasteiger charge is -2.34. The van der Waals surface area contributed by atoms with Crippen LogP contribution < -0.4 is 5.32 Å². The number of benzene rings is 1. The Hall–Kier alpha value is -2.25. The summed E-state index contributed by atoms with van der Waals surface area (Å²) in [6.45, 7) is 2.09. The van der Waals surface area contributed by atoms with Gasteiger partial charge >= 0.3 is 0 Å². The number of hydrogen-bond donors (Lipinski definition) is 2. The van der Waals surface area contributed by atoms with Gasteiger partial charge in [0, 0.05) is 11.9 Å². The lowest BCUT2D eigenvalue weighted by molar-refractivity contribution is -0.0389. The number of nitrogens with zero attached hydrogens (tertiary/aromatic N) is 4. The van der Waals surface area contributed by atoms with Crippen molar-refractivity contribution in [2.45, 2.75) is 57.1 Å². The van der Waals surface area contributed by atoms with Gasteiger partial charge in [-0.05, 0) is 68.7 Å². The first-order valence-electron chi connectivity index (χ1n) is 9.58. The average Bonchev–Trinajstić information content (AvgIpc) is 3.21. The summed E-state index contributed by atoms with van der Waals surface area (Å²) in [6.07, 6.45) is 9.81. The number of aryl methyl sites for hydroxylation is 1. The van der Waals surface area contributed by atoms with Crippen molar-refractivity contribution >= 4 is 23.0 Å². The molecule has 2 fully saturated rings. The van der Waals surface area contributed by atoms with Crippen LogP contribution in [0, 0.1) is 6.92 Å². The molecular weight excluding hydrogens is 358 g/mol. The van der Waals surface area contributed by atoms with Crippen LogP contribution in [-0.2, 0) is 5.60 Å². The van der Waals surface area contributed by atoms with Crippen LogP contribution in [-0.4, -0.2) is 24.9 Å². The molecule has 2 aliphatic rings. The van der Waals surface area contributed by atoms with E-state index in [2.05, 4.69) is 45.5 Å². The van der Waals surface area contributed by atoms with E-state index in [-0.39, 0.29) is 0 Å². The summed E-state index contributed by atoms with van der Waals surface area (Å²) >= 11 is 1.59. The largest absolute Gasteiger partial charge is 0.383 e. The molecule has 1 aromatic carbocycles. The lowest BCUT2D eigenvalue weighted by Crippen LogP contribution is -2.33. The zero-order valence-electron chi connectivity index (χ0n) is 15.4. The Bertz CT molecular complexity index is 970. The van der Waals surface area contributed by atoms with E-state index in [9.17, 15) is 5.11 Å². The summed E-state index contributed by atoms with van der Waals surface area (Å²) in [5.41, 5.74) is 2.57. The summed E-state index contributed by atoms with van der Waals surface area (Å²) in [7, 11) is 0. The molecule has 0 radical (unpaired) electrons. The second-order valence-electron chi connectivity index (χ2n) is 7.74. The average molecular weight is 382 g/mol. The molecule has 0 amide bonds. The van der Waals surface area contributed by atoms with Crippen LogP contribution in [0.5, 0.6) is 0 Å². The Morgan fingerprint density at radius 3 is 2.74 bits per heavy atom. The van der Waals surface area contributed by atoms with Gasteiger partial charge in [0.1, 0.15) is 16.9 Å². The third-order valence-corrected chi connectivity index (χ3v) is 6.94. The van der Waals surface area contributed by atoms with E-state index >= 15 is 0 Å². The van der Waals surface area contributed by atoms with Crippen molar-refractivity contribution in [3.8, 4) is 10.4 Å². The van der Waals surface area contributed by atoms with E-state index in [0.717, 1.165) is 46.3 Å². The van der Waals surface area contributed by atoms with Crippen molar-refractivity contribution in [3.05, 3.63) is 41.3 Å². The number of aromatic nitrogens is 4. The molecule has 0 spiro atoms. The van der Waals surface area contributed by atoms with Gasteiger partial charge < -0.3 is 10.4 Å². The van der Waals surface area contributed by atoms with Gasteiger partial charge in [0.2, 0.25) is 5.95 Å². The minimum Gasteiger partial charge on any atom is -0.383 e. The first-order chi connectivity index (χ1) is 13.1. The summed E-state index contributed by atoms with van der Waals surface area (Å²) in [5.74, 6) is 0.796. The van der Waals surface area contributed by atoms with Gasteiger partial charge in [-0.25, -0.2) is 9.67 Å². The molecule has 27 heavy (non-hydrogen) atoms. The Morgan fingerprint density at radius 1 is 1.19 bits per heavy atom. The highest BCUT2D eigenvalue weighted by molar-refractivity contribution is 7.15. The van der Waals surface area contributed by atoms with Gasteiger partial charge in [-0.2, -0.15) is 10.1 Å². The Kier molecular flexibility index (Phi) is 4.02. The fourth-order valence-electron chi connectivity index (χ4n) is 3.71. The molecule has 2 aliphatic carbocycles. The van der Waals surface area contributed by atoms with Crippen molar-refractivity contribution in [3.63, 3.8) is 0 Å². The summed E-state index contributed by atoms with van der Waals surface area (Å²) in [5, 5.41) is 19.2. The minimum absolute atomic E-state index is 0.464. The van der Waals surface area contributed by atoms with E-state index in [1.807, 2.05) is 10.9 Å². The number of nitrogens with one attached hydrogen (secondary N) is 1. The smallest absolute Gasteiger partial charge is 0.225 e. The van der Waals surface area contributed by atoms with Crippen molar-refractivity contribution in [2.75, 3.05) is 5.32 Å². The molecule has 2 saturated carbocycles. The topological polar surface area (TPSA) is 75.9 Å². The van der Waals surface area contributed by atoms with Gasteiger partial charge in [0.25, 0.3) is 0 Å². The zero-order chi connectivity index (χ0) is 18.4. The molecule has 5 rings (SSSR count). The number of thiazole rings is 1. The predicted octanol–water partition coefficient (Wildman–Crippen LogP) is 4.55.